The fraction of sp³-hybridized carbons (Fsp3) is 0.400. The standard InChI is InChI=1S/C25H29ClN4O3/c1-18(2)27-22(31)16-29-17-30(21-6-4-3-5-7-21)25(24(29)33)12-14-28(15-13-25)23(32)19-8-10-20(26)11-9-19/h3-11,18H,12-17H2,1-2H3,(H,27,31). The van der Waals surface area contributed by atoms with Gasteiger partial charge in [0.25, 0.3) is 11.8 Å². The van der Waals surface area contributed by atoms with Crippen LogP contribution in [0, 0.1) is 0 Å². The van der Waals surface area contributed by atoms with E-state index in [-0.39, 0.29) is 30.3 Å². The van der Waals surface area contributed by atoms with E-state index in [4.69, 9.17) is 11.6 Å². The van der Waals surface area contributed by atoms with Crippen molar-refractivity contribution < 1.29 is 14.4 Å². The Labute approximate surface area is 199 Å². The van der Waals surface area contributed by atoms with Gasteiger partial charge in [-0.05, 0) is 63.1 Å². The van der Waals surface area contributed by atoms with E-state index in [1.54, 1.807) is 34.1 Å². The Hall–Kier alpha value is -3.06. The molecule has 0 bridgehead atoms. The zero-order valence-electron chi connectivity index (χ0n) is 19.0. The summed E-state index contributed by atoms with van der Waals surface area (Å²) in [6, 6.07) is 16.7. The highest BCUT2D eigenvalue weighted by Gasteiger charge is 2.54. The first-order valence-corrected chi connectivity index (χ1v) is 11.6. The Morgan fingerprint density at radius 3 is 2.27 bits per heavy atom. The van der Waals surface area contributed by atoms with Gasteiger partial charge in [0.1, 0.15) is 12.1 Å². The molecule has 7 nitrogen and oxygen atoms in total. The van der Waals surface area contributed by atoms with Crippen LogP contribution < -0.4 is 10.2 Å². The molecule has 1 spiro atoms. The lowest BCUT2D eigenvalue weighted by Crippen LogP contribution is -2.57. The van der Waals surface area contributed by atoms with Crippen LogP contribution in [0.15, 0.2) is 54.6 Å². The number of amides is 3. The molecule has 2 aliphatic rings. The molecule has 2 heterocycles. The van der Waals surface area contributed by atoms with Gasteiger partial charge >= 0.3 is 0 Å². The number of hydrogen-bond donors (Lipinski definition) is 1. The quantitative estimate of drug-likeness (QED) is 0.731. The predicted octanol–water partition coefficient (Wildman–Crippen LogP) is 3.15. The number of carbonyl (C=O) groups excluding carboxylic acids is 3. The first kappa shape index (κ1) is 23.1. The van der Waals surface area contributed by atoms with E-state index in [0.717, 1.165) is 5.69 Å². The van der Waals surface area contributed by atoms with Crippen LogP contribution in [0.4, 0.5) is 5.69 Å². The van der Waals surface area contributed by atoms with E-state index < -0.39 is 5.54 Å². The smallest absolute Gasteiger partial charge is 0.253 e. The fourth-order valence-electron chi connectivity index (χ4n) is 4.72. The maximum Gasteiger partial charge on any atom is 0.253 e. The Balaban J connectivity index is 1.54. The first-order chi connectivity index (χ1) is 15.8. The molecule has 2 saturated heterocycles. The number of nitrogens with one attached hydrogen (secondary N) is 1. The Morgan fingerprint density at radius 1 is 1.03 bits per heavy atom. The maximum absolute atomic E-state index is 13.7. The number of piperidine rings is 1. The minimum absolute atomic E-state index is 0.0107. The molecule has 2 aromatic carbocycles. The van der Waals surface area contributed by atoms with Gasteiger partial charge in [-0.1, -0.05) is 29.8 Å². The van der Waals surface area contributed by atoms with Crippen molar-refractivity contribution in [3.05, 3.63) is 65.2 Å². The van der Waals surface area contributed by atoms with Crippen LogP contribution in [0.1, 0.15) is 37.0 Å². The summed E-state index contributed by atoms with van der Waals surface area (Å²) in [6.45, 7) is 5.09. The van der Waals surface area contributed by atoms with Crippen LogP contribution in [0.3, 0.4) is 0 Å². The van der Waals surface area contributed by atoms with E-state index in [1.807, 2.05) is 44.2 Å². The molecule has 1 N–H and O–H groups in total. The summed E-state index contributed by atoms with van der Waals surface area (Å²) in [6.07, 6.45) is 1.00. The minimum Gasteiger partial charge on any atom is -0.352 e. The molecule has 2 fully saturated rings. The lowest BCUT2D eigenvalue weighted by atomic mass is 9.85. The summed E-state index contributed by atoms with van der Waals surface area (Å²) < 4.78 is 0. The monoisotopic (exact) mass is 468 g/mol. The summed E-state index contributed by atoms with van der Waals surface area (Å²) in [5.74, 6) is -0.283. The fourth-order valence-corrected chi connectivity index (χ4v) is 4.84. The lowest BCUT2D eigenvalue weighted by molar-refractivity contribution is -0.137. The second kappa shape index (κ2) is 9.43. The van der Waals surface area contributed by atoms with Crippen LogP contribution in [-0.2, 0) is 9.59 Å². The van der Waals surface area contributed by atoms with Gasteiger partial charge in [-0.2, -0.15) is 0 Å². The summed E-state index contributed by atoms with van der Waals surface area (Å²) in [7, 11) is 0. The number of anilines is 1. The Morgan fingerprint density at radius 2 is 1.67 bits per heavy atom. The van der Waals surface area contributed by atoms with Crippen LogP contribution in [0.5, 0.6) is 0 Å². The summed E-state index contributed by atoms with van der Waals surface area (Å²) in [4.78, 5) is 44.6. The number of rotatable bonds is 5. The first-order valence-electron chi connectivity index (χ1n) is 11.3. The number of hydrogen-bond acceptors (Lipinski definition) is 4. The van der Waals surface area contributed by atoms with Gasteiger partial charge in [0, 0.05) is 35.4 Å². The number of halogens is 1. The summed E-state index contributed by atoms with van der Waals surface area (Å²) in [5, 5.41) is 3.45. The predicted molar refractivity (Wildman–Crippen MR) is 128 cm³/mol. The van der Waals surface area contributed by atoms with Crippen molar-refractivity contribution in [3.63, 3.8) is 0 Å². The van der Waals surface area contributed by atoms with Crippen molar-refractivity contribution in [2.45, 2.75) is 38.3 Å². The third kappa shape index (κ3) is 4.69. The van der Waals surface area contributed by atoms with E-state index in [9.17, 15) is 14.4 Å². The van der Waals surface area contributed by atoms with E-state index in [2.05, 4.69) is 10.2 Å². The van der Waals surface area contributed by atoms with Gasteiger partial charge in [-0.15, -0.1) is 0 Å². The van der Waals surface area contributed by atoms with Crippen molar-refractivity contribution in [1.82, 2.24) is 15.1 Å². The molecule has 8 heteroatoms. The molecule has 0 unspecified atom stereocenters. The number of carbonyl (C=O) groups is 3. The average Bonchev–Trinajstić information content (AvgIpc) is 3.06. The molecule has 3 amide bonds. The maximum atomic E-state index is 13.7. The SMILES string of the molecule is CC(C)NC(=O)CN1CN(c2ccccc2)C2(CCN(C(=O)c3ccc(Cl)cc3)CC2)C1=O. The molecule has 0 aromatic heterocycles. The van der Waals surface area contributed by atoms with Crippen LogP contribution >= 0.6 is 11.6 Å². The third-order valence-electron chi connectivity index (χ3n) is 6.34. The number of para-hydroxylation sites is 1. The molecule has 2 aromatic rings. The highest BCUT2D eigenvalue weighted by Crippen LogP contribution is 2.39. The molecule has 174 valence electrons. The molecule has 0 aliphatic carbocycles. The van der Waals surface area contributed by atoms with E-state index in [0.29, 0.717) is 43.2 Å². The van der Waals surface area contributed by atoms with Crippen LogP contribution in [-0.4, -0.2) is 65.4 Å². The van der Waals surface area contributed by atoms with E-state index >= 15 is 0 Å². The zero-order chi connectivity index (χ0) is 23.6. The van der Waals surface area contributed by atoms with Gasteiger partial charge in [-0.3, -0.25) is 14.4 Å². The molecular formula is C25H29ClN4O3. The number of likely N-dealkylation sites (tertiary alicyclic amines) is 1. The topological polar surface area (TPSA) is 73.0 Å². The summed E-state index contributed by atoms with van der Waals surface area (Å²) in [5.41, 5.74) is 0.756. The average molecular weight is 469 g/mol. The van der Waals surface area contributed by atoms with Gasteiger partial charge in [0.15, 0.2) is 0 Å². The van der Waals surface area contributed by atoms with Crippen molar-refractivity contribution in [2.24, 2.45) is 0 Å². The highest BCUT2D eigenvalue weighted by molar-refractivity contribution is 6.30. The van der Waals surface area contributed by atoms with Crippen LogP contribution in [0.2, 0.25) is 5.02 Å². The Bertz CT molecular complexity index is 1020. The molecular weight excluding hydrogens is 440 g/mol. The lowest BCUT2D eigenvalue weighted by Gasteiger charge is -2.43. The second-order valence-corrected chi connectivity index (χ2v) is 9.40. The van der Waals surface area contributed by atoms with Crippen LogP contribution in [0.25, 0.3) is 0 Å². The Kier molecular flexibility index (Phi) is 6.61. The van der Waals surface area contributed by atoms with Gasteiger partial charge in [-0.25, -0.2) is 0 Å². The van der Waals surface area contributed by atoms with Crippen molar-refractivity contribution in [3.8, 4) is 0 Å². The van der Waals surface area contributed by atoms with Gasteiger partial charge < -0.3 is 20.0 Å². The van der Waals surface area contributed by atoms with Crippen molar-refractivity contribution >= 4 is 35.0 Å². The normalized spacial score (nSPS) is 17.7. The molecule has 0 radical (unpaired) electrons. The largest absolute Gasteiger partial charge is 0.352 e. The number of nitrogens with zero attached hydrogens (tertiary/aromatic N) is 3. The van der Waals surface area contributed by atoms with Crippen molar-refractivity contribution in [1.29, 1.82) is 0 Å². The molecule has 0 atom stereocenters. The van der Waals surface area contributed by atoms with Crippen molar-refractivity contribution in [2.75, 3.05) is 31.2 Å². The third-order valence-corrected chi connectivity index (χ3v) is 6.59. The summed E-state index contributed by atoms with van der Waals surface area (Å²) >= 11 is 5.95. The van der Waals surface area contributed by atoms with Gasteiger partial charge in [0.2, 0.25) is 5.91 Å². The van der Waals surface area contributed by atoms with E-state index in [1.165, 1.54) is 0 Å². The molecule has 0 saturated carbocycles. The van der Waals surface area contributed by atoms with Gasteiger partial charge in [0.05, 0.1) is 6.67 Å². The molecule has 2 aliphatic heterocycles. The minimum atomic E-state index is -0.768. The highest BCUT2D eigenvalue weighted by atomic mass is 35.5. The molecule has 4 rings (SSSR count). The molecule has 33 heavy (non-hydrogen) atoms. The second-order valence-electron chi connectivity index (χ2n) is 8.96. The number of benzene rings is 2. The zero-order valence-corrected chi connectivity index (χ0v) is 19.7.